The summed E-state index contributed by atoms with van der Waals surface area (Å²) in [4.78, 5) is 4.18. The molecule has 1 unspecified atom stereocenters. The highest BCUT2D eigenvalue weighted by atomic mass is 15.0. The number of hydrogen-bond acceptors (Lipinski definition) is 2. The van der Waals surface area contributed by atoms with Crippen molar-refractivity contribution in [1.82, 2.24) is 9.55 Å². The lowest BCUT2D eigenvalue weighted by Gasteiger charge is -2.10. The van der Waals surface area contributed by atoms with Gasteiger partial charge in [-0.25, -0.2) is 4.98 Å². The Morgan fingerprint density at radius 1 is 1.62 bits per heavy atom. The van der Waals surface area contributed by atoms with Crippen molar-refractivity contribution in [2.45, 2.75) is 26.2 Å². The molecule has 0 fully saturated rings. The second kappa shape index (κ2) is 4.08. The van der Waals surface area contributed by atoms with Crippen LogP contribution in [0.3, 0.4) is 0 Å². The van der Waals surface area contributed by atoms with Gasteiger partial charge in [0.25, 0.3) is 0 Å². The van der Waals surface area contributed by atoms with Gasteiger partial charge in [0, 0.05) is 19.4 Å². The van der Waals surface area contributed by atoms with E-state index in [2.05, 4.69) is 24.9 Å². The SMILES string of the molecule is CC(C)CC(C#N)c1nccn1C. The maximum Gasteiger partial charge on any atom is 0.125 e. The van der Waals surface area contributed by atoms with E-state index in [0.29, 0.717) is 5.92 Å². The highest BCUT2D eigenvalue weighted by Gasteiger charge is 2.16. The fourth-order valence-electron chi connectivity index (χ4n) is 1.40. The number of rotatable bonds is 3. The van der Waals surface area contributed by atoms with E-state index in [0.717, 1.165) is 12.2 Å². The quantitative estimate of drug-likeness (QED) is 0.709. The molecule has 0 spiro atoms. The van der Waals surface area contributed by atoms with E-state index in [4.69, 9.17) is 5.26 Å². The van der Waals surface area contributed by atoms with Crippen molar-refractivity contribution in [2.75, 3.05) is 0 Å². The zero-order chi connectivity index (χ0) is 9.84. The number of hydrogen-bond donors (Lipinski definition) is 0. The Hall–Kier alpha value is -1.30. The van der Waals surface area contributed by atoms with E-state index in [1.807, 2.05) is 17.8 Å². The van der Waals surface area contributed by atoms with E-state index in [1.54, 1.807) is 6.20 Å². The van der Waals surface area contributed by atoms with Crippen molar-refractivity contribution in [3.8, 4) is 6.07 Å². The van der Waals surface area contributed by atoms with Gasteiger partial charge in [0.05, 0.1) is 6.07 Å². The van der Waals surface area contributed by atoms with Crippen LogP contribution in [0.15, 0.2) is 12.4 Å². The summed E-state index contributed by atoms with van der Waals surface area (Å²) < 4.78 is 1.91. The molecule has 1 heterocycles. The highest BCUT2D eigenvalue weighted by molar-refractivity contribution is 5.09. The Morgan fingerprint density at radius 2 is 2.31 bits per heavy atom. The summed E-state index contributed by atoms with van der Waals surface area (Å²) in [5, 5.41) is 8.97. The van der Waals surface area contributed by atoms with Crippen LogP contribution >= 0.6 is 0 Å². The molecule has 13 heavy (non-hydrogen) atoms. The van der Waals surface area contributed by atoms with Crippen LogP contribution in [0.4, 0.5) is 0 Å². The summed E-state index contributed by atoms with van der Waals surface area (Å²) in [5.41, 5.74) is 0. The fourth-order valence-corrected chi connectivity index (χ4v) is 1.40. The molecule has 0 saturated carbocycles. The summed E-state index contributed by atoms with van der Waals surface area (Å²) in [6, 6.07) is 2.29. The first-order valence-corrected chi connectivity index (χ1v) is 4.52. The first kappa shape index (κ1) is 9.79. The number of imidazole rings is 1. The van der Waals surface area contributed by atoms with Crippen LogP contribution < -0.4 is 0 Å². The number of nitriles is 1. The fraction of sp³-hybridized carbons (Fsp3) is 0.600. The van der Waals surface area contributed by atoms with Gasteiger partial charge < -0.3 is 4.57 Å². The van der Waals surface area contributed by atoms with Gasteiger partial charge in [0.1, 0.15) is 11.7 Å². The molecule has 0 saturated heterocycles. The average Bonchev–Trinajstić information content (AvgIpc) is 2.47. The Labute approximate surface area is 79.0 Å². The van der Waals surface area contributed by atoms with Crippen LogP contribution in [0.5, 0.6) is 0 Å². The summed E-state index contributed by atoms with van der Waals surface area (Å²) in [5.74, 6) is 1.33. The van der Waals surface area contributed by atoms with Crippen LogP contribution in [-0.2, 0) is 7.05 Å². The molecule has 1 atom stereocenters. The molecule has 1 aromatic rings. The number of aromatic nitrogens is 2. The van der Waals surface area contributed by atoms with Gasteiger partial charge in [-0.15, -0.1) is 0 Å². The summed E-state index contributed by atoms with van der Waals surface area (Å²) in [6.07, 6.45) is 4.49. The van der Waals surface area contributed by atoms with Crippen molar-refractivity contribution in [2.24, 2.45) is 13.0 Å². The van der Waals surface area contributed by atoms with Gasteiger partial charge in [-0.05, 0) is 12.3 Å². The third-order valence-corrected chi connectivity index (χ3v) is 2.03. The van der Waals surface area contributed by atoms with E-state index < -0.39 is 0 Å². The molecule has 0 aliphatic rings. The van der Waals surface area contributed by atoms with Crippen LogP contribution in [-0.4, -0.2) is 9.55 Å². The third-order valence-electron chi connectivity index (χ3n) is 2.03. The van der Waals surface area contributed by atoms with Crippen molar-refractivity contribution in [3.05, 3.63) is 18.2 Å². The molecule has 0 aromatic carbocycles. The second-order valence-corrected chi connectivity index (χ2v) is 3.71. The lowest BCUT2D eigenvalue weighted by Crippen LogP contribution is -2.06. The summed E-state index contributed by atoms with van der Waals surface area (Å²) in [6.45, 7) is 4.24. The molecule has 0 bridgehead atoms. The molecule has 3 heteroatoms. The van der Waals surface area contributed by atoms with Crippen LogP contribution in [0.2, 0.25) is 0 Å². The predicted molar refractivity (Wildman–Crippen MR) is 51.0 cm³/mol. The van der Waals surface area contributed by atoms with Crippen LogP contribution in [0.1, 0.15) is 32.0 Å². The molecule has 70 valence electrons. The minimum Gasteiger partial charge on any atom is -0.337 e. The summed E-state index contributed by atoms with van der Waals surface area (Å²) in [7, 11) is 1.92. The Kier molecular flexibility index (Phi) is 3.07. The number of aryl methyl sites for hydroxylation is 1. The van der Waals surface area contributed by atoms with Crippen molar-refractivity contribution in [3.63, 3.8) is 0 Å². The lowest BCUT2D eigenvalue weighted by atomic mass is 9.98. The molecule has 1 rings (SSSR count). The standard InChI is InChI=1S/C10H15N3/c1-8(2)6-9(7-11)10-12-4-5-13(10)3/h4-5,8-9H,6H2,1-3H3. The molecule has 0 aliphatic heterocycles. The Morgan fingerprint density at radius 3 is 2.69 bits per heavy atom. The van der Waals surface area contributed by atoms with Gasteiger partial charge in [0.2, 0.25) is 0 Å². The zero-order valence-electron chi connectivity index (χ0n) is 8.36. The van der Waals surface area contributed by atoms with Gasteiger partial charge in [0.15, 0.2) is 0 Å². The number of nitrogens with zero attached hydrogens (tertiary/aromatic N) is 3. The van der Waals surface area contributed by atoms with Crippen molar-refractivity contribution < 1.29 is 0 Å². The van der Waals surface area contributed by atoms with Gasteiger partial charge in [-0.3, -0.25) is 0 Å². The smallest absolute Gasteiger partial charge is 0.125 e. The second-order valence-electron chi connectivity index (χ2n) is 3.71. The van der Waals surface area contributed by atoms with Gasteiger partial charge in [-0.2, -0.15) is 5.26 Å². The average molecular weight is 177 g/mol. The molecule has 0 aliphatic carbocycles. The van der Waals surface area contributed by atoms with Crippen molar-refractivity contribution in [1.29, 1.82) is 5.26 Å². The maximum absolute atomic E-state index is 8.97. The molecule has 3 nitrogen and oxygen atoms in total. The summed E-state index contributed by atoms with van der Waals surface area (Å²) >= 11 is 0. The Balaban J connectivity index is 2.80. The van der Waals surface area contributed by atoms with E-state index in [-0.39, 0.29) is 5.92 Å². The van der Waals surface area contributed by atoms with E-state index in [9.17, 15) is 0 Å². The van der Waals surface area contributed by atoms with E-state index in [1.165, 1.54) is 0 Å². The normalized spacial score (nSPS) is 12.8. The minimum atomic E-state index is -0.0694. The molecule has 0 amide bonds. The minimum absolute atomic E-state index is 0.0694. The topological polar surface area (TPSA) is 41.6 Å². The third kappa shape index (κ3) is 2.32. The Bertz CT molecular complexity index is 306. The first-order chi connectivity index (χ1) is 6.15. The van der Waals surface area contributed by atoms with Crippen LogP contribution in [0, 0.1) is 17.2 Å². The van der Waals surface area contributed by atoms with E-state index >= 15 is 0 Å². The van der Waals surface area contributed by atoms with Crippen LogP contribution in [0.25, 0.3) is 0 Å². The molecule has 1 aromatic heterocycles. The highest BCUT2D eigenvalue weighted by Crippen LogP contribution is 2.20. The molecular formula is C10H15N3. The predicted octanol–water partition coefficient (Wildman–Crippen LogP) is 2.07. The monoisotopic (exact) mass is 177 g/mol. The molecular weight excluding hydrogens is 162 g/mol. The van der Waals surface area contributed by atoms with Crippen molar-refractivity contribution >= 4 is 0 Å². The zero-order valence-corrected chi connectivity index (χ0v) is 8.36. The lowest BCUT2D eigenvalue weighted by molar-refractivity contribution is 0.531. The maximum atomic E-state index is 8.97. The van der Waals surface area contributed by atoms with Gasteiger partial charge in [-0.1, -0.05) is 13.8 Å². The molecule has 0 radical (unpaired) electrons. The molecule has 0 N–H and O–H groups in total. The first-order valence-electron chi connectivity index (χ1n) is 4.52. The largest absolute Gasteiger partial charge is 0.337 e. The van der Waals surface area contributed by atoms with Gasteiger partial charge >= 0.3 is 0 Å².